The van der Waals surface area contributed by atoms with E-state index in [0.29, 0.717) is 0 Å². The number of anilines is 2. The van der Waals surface area contributed by atoms with Gasteiger partial charge in [0.1, 0.15) is 0 Å². The zero-order valence-corrected chi connectivity index (χ0v) is 10.6. The van der Waals surface area contributed by atoms with E-state index in [9.17, 15) is 0 Å². The van der Waals surface area contributed by atoms with Crippen LogP contribution in [0, 0.1) is 0 Å². The summed E-state index contributed by atoms with van der Waals surface area (Å²) in [5.74, 6) is 0. The summed E-state index contributed by atoms with van der Waals surface area (Å²) >= 11 is 0. The fraction of sp³-hybridized carbons (Fsp3) is 0.250. The van der Waals surface area contributed by atoms with E-state index < -0.39 is 0 Å². The van der Waals surface area contributed by atoms with Crippen molar-refractivity contribution in [2.75, 3.05) is 11.4 Å². The Balaban J connectivity index is 2.29. The van der Waals surface area contributed by atoms with Crippen molar-refractivity contribution >= 4 is 11.4 Å². The predicted octanol–water partition coefficient (Wildman–Crippen LogP) is 4.41. The number of nitrogens with zero attached hydrogens (tertiary/aromatic N) is 1. The zero-order valence-electron chi connectivity index (χ0n) is 10.6. The summed E-state index contributed by atoms with van der Waals surface area (Å²) in [4.78, 5) is 2.32. The normalized spacial score (nSPS) is 10.2. The second-order valence-electron chi connectivity index (χ2n) is 4.10. The first kappa shape index (κ1) is 11.7. The summed E-state index contributed by atoms with van der Waals surface area (Å²) in [6.07, 6.45) is 1.09. The summed E-state index contributed by atoms with van der Waals surface area (Å²) < 4.78 is 0. The lowest BCUT2D eigenvalue weighted by atomic mass is 10.1. The lowest BCUT2D eigenvalue weighted by Crippen LogP contribution is -2.15. The fourth-order valence-electron chi connectivity index (χ4n) is 2.03. The van der Waals surface area contributed by atoms with E-state index in [1.54, 1.807) is 0 Å². The molecular formula is C16H19N. The van der Waals surface area contributed by atoms with Gasteiger partial charge < -0.3 is 4.90 Å². The van der Waals surface area contributed by atoms with Gasteiger partial charge in [-0.05, 0) is 43.2 Å². The molecule has 0 saturated heterocycles. The van der Waals surface area contributed by atoms with Crippen LogP contribution in [0.3, 0.4) is 0 Å². The van der Waals surface area contributed by atoms with Gasteiger partial charge in [-0.15, -0.1) is 0 Å². The Morgan fingerprint density at radius 3 is 1.88 bits per heavy atom. The maximum Gasteiger partial charge on any atom is 0.0410 e. The van der Waals surface area contributed by atoms with Crippen LogP contribution in [-0.4, -0.2) is 6.54 Å². The molecule has 17 heavy (non-hydrogen) atoms. The minimum atomic E-state index is 0.982. The molecule has 1 nitrogen and oxygen atoms in total. The van der Waals surface area contributed by atoms with Gasteiger partial charge in [0.25, 0.3) is 0 Å². The van der Waals surface area contributed by atoms with E-state index in [0.717, 1.165) is 13.0 Å². The molecule has 0 atom stereocenters. The summed E-state index contributed by atoms with van der Waals surface area (Å²) in [7, 11) is 0. The smallest absolute Gasteiger partial charge is 0.0410 e. The molecule has 0 aliphatic rings. The van der Waals surface area contributed by atoms with Crippen LogP contribution in [-0.2, 0) is 6.42 Å². The van der Waals surface area contributed by atoms with Crippen molar-refractivity contribution in [2.45, 2.75) is 20.3 Å². The van der Waals surface area contributed by atoms with Crippen molar-refractivity contribution in [1.29, 1.82) is 0 Å². The molecule has 0 bridgehead atoms. The van der Waals surface area contributed by atoms with Gasteiger partial charge in [-0.3, -0.25) is 0 Å². The van der Waals surface area contributed by atoms with Crippen molar-refractivity contribution in [2.24, 2.45) is 0 Å². The van der Waals surface area contributed by atoms with Gasteiger partial charge >= 0.3 is 0 Å². The van der Waals surface area contributed by atoms with Crippen LogP contribution in [0.1, 0.15) is 19.4 Å². The predicted molar refractivity (Wildman–Crippen MR) is 74.9 cm³/mol. The number of hydrogen-bond acceptors (Lipinski definition) is 1. The van der Waals surface area contributed by atoms with Crippen molar-refractivity contribution in [3.8, 4) is 0 Å². The zero-order chi connectivity index (χ0) is 12.1. The Bertz CT molecular complexity index is 445. The Morgan fingerprint density at radius 1 is 0.765 bits per heavy atom. The van der Waals surface area contributed by atoms with Crippen LogP contribution in [0.25, 0.3) is 0 Å². The van der Waals surface area contributed by atoms with Crippen LogP contribution in [0.15, 0.2) is 54.6 Å². The second kappa shape index (κ2) is 5.53. The first-order valence-electron chi connectivity index (χ1n) is 6.26. The Kier molecular flexibility index (Phi) is 3.81. The van der Waals surface area contributed by atoms with E-state index in [1.165, 1.54) is 16.9 Å². The monoisotopic (exact) mass is 225 g/mol. The lowest BCUT2D eigenvalue weighted by molar-refractivity contribution is 1.02. The van der Waals surface area contributed by atoms with Crippen molar-refractivity contribution in [3.63, 3.8) is 0 Å². The molecule has 2 aromatic carbocycles. The molecule has 0 amide bonds. The van der Waals surface area contributed by atoms with Crippen LogP contribution >= 0.6 is 0 Å². The summed E-state index contributed by atoms with van der Waals surface area (Å²) in [6, 6.07) is 19.3. The molecule has 0 saturated carbocycles. The number of hydrogen-bond donors (Lipinski definition) is 0. The highest BCUT2D eigenvalue weighted by Gasteiger charge is 2.05. The molecule has 88 valence electrons. The van der Waals surface area contributed by atoms with E-state index in [2.05, 4.69) is 73.3 Å². The van der Waals surface area contributed by atoms with Gasteiger partial charge in [0.15, 0.2) is 0 Å². The fourth-order valence-corrected chi connectivity index (χ4v) is 2.03. The van der Waals surface area contributed by atoms with Gasteiger partial charge in [0.2, 0.25) is 0 Å². The Morgan fingerprint density at radius 2 is 1.35 bits per heavy atom. The molecule has 1 heteroatoms. The second-order valence-corrected chi connectivity index (χ2v) is 4.10. The van der Waals surface area contributed by atoms with E-state index in [1.807, 2.05) is 0 Å². The number of rotatable bonds is 4. The topological polar surface area (TPSA) is 3.24 Å². The average Bonchev–Trinajstić information content (AvgIpc) is 2.42. The minimum absolute atomic E-state index is 0.982. The third kappa shape index (κ3) is 2.68. The standard InChI is InChI=1S/C16H19N/c1-3-14-10-12-16(13-11-14)17(4-2)15-8-6-5-7-9-15/h5-13H,3-4H2,1-2H3. The molecule has 2 aromatic rings. The molecule has 0 N–H and O–H groups in total. The van der Waals surface area contributed by atoms with Crippen molar-refractivity contribution < 1.29 is 0 Å². The highest BCUT2D eigenvalue weighted by molar-refractivity contribution is 5.63. The number of para-hydroxylation sites is 1. The van der Waals surface area contributed by atoms with Gasteiger partial charge in [0.05, 0.1) is 0 Å². The molecule has 0 radical (unpaired) electrons. The van der Waals surface area contributed by atoms with Crippen molar-refractivity contribution in [1.82, 2.24) is 0 Å². The van der Waals surface area contributed by atoms with Gasteiger partial charge in [-0.2, -0.15) is 0 Å². The number of benzene rings is 2. The first-order chi connectivity index (χ1) is 8.35. The Labute approximate surface area is 104 Å². The molecule has 2 rings (SSSR count). The molecule has 0 aliphatic heterocycles. The highest BCUT2D eigenvalue weighted by atomic mass is 15.1. The van der Waals surface area contributed by atoms with E-state index in [-0.39, 0.29) is 0 Å². The summed E-state index contributed by atoms with van der Waals surface area (Å²) in [6.45, 7) is 5.35. The van der Waals surface area contributed by atoms with Crippen LogP contribution < -0.4 is 4.90 Å². The Hall–Kier alpha value is -1.76. The van der Waals surface area contributed by atoms with E-state index >= 15 is 0 Å². The van der Waals surface area contributed by atoms with Crippen LogP contribution in [0.5, 0.6) is 0 Å². The van der Waals surface area contributed by atoms with Gasteiger partial charge in [0, 0.05) is 17.9 Å². The molecule has 0 heterocycles. The first-order valence-corrected chi connectivity index (χ1v) is 6.26. The van der Waals surface area contributed by atoms with Crippen LogP contribution in [0.2, 0.25) is 0 Å². The van der Waals surface area contributed by atoms with Gasteiger partial charge in [-0.25, -0.2) is 0 Å². The largest absolute Gasteiger partial charge is 0.342 e. The SMILES string of the molecule is CCc1ccc(N(CC)c2ccccc2)cc1. The third-order valence-electron chi connectivity index (χ3n) is 3.04. The maximum atomic E-state index is 2.32. The van der Waals surface area contributed by atoms with Gasteiger partial charge in [-0.1, -0.05) is 37.3 Å². The quantitative estimate of drug-likeness (QED) is 0.745. The maximum absolute atomic E-state index is 2.32. The lowest BCUT2D eigenvalue weighted by Gasteiger charge is -2.23. The van der Waals surface area contributed by atoms with Crippen LogP contribution in [0.4, 0.5) is 11.4 Å². The summed E-state index contributed by atoms with van der Waals surface area (Å²) in [5.41, 5.74) is 3.90. The number of aryl methyl sites for hydroxylation is 1. The molecule has 0 unspecified atom stereocenters. The molecule has 0 spiro atoms. The van der Waals surface area contributed by atoms with Crippen molar-refractivity contribution in [3.05, 3.63) is 60.2 Å². The minimum Gasteiger partial charge on any atom is -0.342 e. The third-order valence-corrected chi connectivity index (χ3v) is 3.04. The molecule has 0 aliphatic carbocycles. The molecule has 0 fully saturated rings. The molecule has 0 aromatic heterocycles. The van der Waals surface area contributed by atoms with E-state index in [4.69, 9.17) is 0 Å². The molecular weight excluding hydrogens is 206 g/mol. The average molecular weight is 225 g/mol. The summed E-state index contributed by atoms with van der Waals surface area (Å²) in [5, 5.41) is 0. The highest BCUT2D eigenvalue weighted by Crippen LogP contribution is 2.24.